The zero-order valence-electron chi connectivity index (χ0n) is 14.1. The van der Waals surface area contributed by atoms with E-state index in [2.05, 4.69) is 140 Å². The smallest absolute Gasteiger partial charge is 0.258 e. The van der Waals surface area contributed by atoms with Gasteiger partial charge in [0.1, 0.15) is 0 Å². The third-order valence-electron chi connectivity index (χ3n) is 2.70. The van der Waals surface area contributed by atoms with Crippen molar-refractivity contribution in [3.8, 4) is 0 Å². The monoisotopic (exact) mass is 748 g/mol. The van der Waals surface area contributed by atoms with E-state index in [1.807, 2.05) is 0 Å². The predicted octanol–water partition coefficient (Wildman–Crippen LogP) is 6.39. The molecule has 0 atom stereocenters. The Balaban J connectivity index is 0. The van der Waals surface area contributed by atoms with E-state index >= 15 is 0 Å². The van der Waals surface area contributed by atoms with Crippen LogP contribution in [0.1, 0.15) is 0 Å². The summed E-state index contributed by atoms with van der Waals surface area (Å²) in [5, 5.41) is 3.03. The van der Waals surface area contributed by atoms with Crippen LogP contribution in [0.25, 0.3) is 4.78 Å². The molecule has 1 nitrogen and oxygen atoms in total. The first-order valence-corrected chi connectivity index (χ1v) is 30.1. The van der Waals surface area contributed by atoms with Gasteiger partial charge in [-0.2, -0.15) is 0 Å². The zero-order valence-corrected chi connectivity index (χ0v) is 24.4. The van der Waals surface area contributed by atoms with Crippen molar-refractivity contribution in [2.45, 2.75) is 0 Å². The second-order valence-corrected chi connectivity index (χ2v) is 45.7. The molecular formula is C16H24Br3NP2ReS+. The van der Waals surface area contributed by atoms with Crippen molar-refractivity contribution in [1.29, 1.82) is 0 Å². The van der Waals surface area contributed by atoms with Crippen LogP contribution in [-0.2, 0) is 23.1 Å². The maximum absolute atomic E-state index is 6.58. The Bertz CT molecular complexity index is 459. The van der Waals surface area contributed by atoms with E-state index in [9.17, 15) is 0 Å². The second kappa shape index (κ2) is 19.2. The summed E-state index contributed by atoms with van der Waals surface area (Å²) in [5.41, 5.74) is 0. The molecule has 0 aliphatic heterocycles. The second-order valence-electron chi connectivity index (χ2n) is 4.89. The summed E-state index contributed by atoms with van der Waals surface area (Å²) in [6, 6.07) is 21.4. The Hall–Kier alpha value is 1.42. The number of halogens is 3. The molecule has 8 heteroatoms. The van der Waals surface area contributed by atoms with Crippen molar-refractivity contribution < 1.29 is 10.7 Å². The van der Waals surface area contributed by atoms with Crippen molar-refractivity contribution in [1.82, 2.24) is 0 Å². The van der Waals surface area contributed by atoms with Crippen molar-refractivity contribution in [3.63, 3.8) is 0 Å². The normalized spacial score (nSPS) is 9.62. The van der Waals surface area contributed by atoms with Crippen LogP contribution in [0.2, 0.25) is 0 Å². The summed E-state index contributed by atoms with van der Waals surface area (Å²) in [4.78, 5) is 0. The van der Waals surface area contributed by atoms with Crippen LogP contribution >= 0.6 is 56.1 Å². The molecule has 0 aromatic heterocycles. The van der Waals surface area contributed by atoms with Gasteiger partial charge >= 0.3 is 51.0 Å². The summed E-state index contributed by atoms with van der Waals surface area (Å²) in [6.45, 7) is 9.22. The molecule has 0 fully saturated rings. The molecule has 2 aromatic carbocycles. The molecule has 0 heterocycles. The van der Waals surface area contributed by atoms with Gasteiger partial charge in [-0.25, -0.2) is 0 Å². The summed E-state index contributed by atoms with van der Waals surface area (Å²) in [7, 11) is -1.45. The maximum atomic E-state index is 6.58. The first-order valence-electron chi connectivity index (χ1n) is 6.93. The molecule has 0 amide bonds. The summed E-state index contributed by atoms with van der Waals surface area (Å²) in [5.74, 6) is 0. The molecule has 136 valence electrons. The number of benzene rings is 2. The third kappa shape index (κ3) is 18.2. The molecule has 2 rings (SSSR count). The molecule has 0 radical (unpaired) electrons. The summed E-state index contributed by atoms with van der Waals surface area (Å²) >= 11 is 13.0. The number of hydrogen-bond acceptors (Lipinski definition) is 1. The predicted molar refractivity (Wildman–Crippen MR) is 130 cm³/mol. The number of hydrogen-bond donors (Lipinski definition) is 0. The fourth-order valence-electron chi connectivity index (χ4n) is 1.54. The van der Waals surface area contributed by atoms with Gasteiger partial charge in [-0.15, -0.1) is 0 Å². The van der Waals surface area contributed by atoms with Gasteiger partial charge in [-0.1, -0.05) is 36.4 Å². The van der Waals surface area contributed by atoms with E-state index in [0.717, 1.165) is 0 Å². The fraction of sp³-hybridized carbons (Fsp3) is 0.250. The summed E-state index contributed by atoms with van der Waals surface area (Å²) < 4.78 is 6.58. The molecular weight excluding hydrogens is 726 g/mol. The van der Waals surface area contributed by atoms with Gasteiger partial charge in [0.2, 0.25) is 0 Å². The van der Waals surface area contributed by atoms with Crippen LogP contribution in [0.4, 0.5) is 0 Å². The molecule has 24 heavy (non-hydrogen) atoms. The van der Waals surface area contributed by atoms with Crippen molar-refractivity contribution in [2.75, 3.05) is 26.7 Å². The minimum atomic E-state index is -1.03. The van der Waals surface area contributed by atoms with Crippen LogP contribution in [0.5, 0.6) is 0 Å². The van der Waals surface area contributed by atoms with Gasteiger partial charge in [0.05, 0.1) is 37.3 Å². The van der Waals surface area contributed by atoms with Crippen LogP contribution in [0.3, 0.4) is 0 Å². The van der Waals surface area contributed by atoms with Crippen LogP contribution in [0.15, 0.2) is 60.7 Å². The molecule has 0 spiro atoms. The van der Waals surface area contributed by atoms with E-state index in [0.29, 0.717) is 0 Å². The largest absolute Gasteiger partial charge is 0.742 e. The maximum Gasteiger partial charge on any atom is -0.258 e. The Kier molecular flexibility index (Phi) is 22.1. The molecule has 0 aliphatic rings. The zero-order chi connectivity index (χ0) is 19.0. The Morgan fingerprint density at radius 3 is 1.00 bits per heavy atom. The van der Waals surface area contributed by atoms with Crippen LogP contribution < -0.4 is 10.6 Å². The molecule has 2 aromatic rings. The number of rotatable bonds is 2. The Morgan fingerprint density at radius 1 is 0.667 bits per heavy atom. The van der Waals surface area contributed by atoms with Crippen molar-refractivity contribution in [3.05, 3.63) is 65.4 Å². The fourth-order valence-corrected chi connectivity index (χ4v) is 3.26. The van der Waals surface area contributed by atoms with E-state index in [4.69, 9.17) is 4.78 Å². The number of nitrogens with zero attached hydrogens (tertiary/aromatic N) is 1. The molecule has 0 saturated heterocycles. The first-order chi connectivity index (χ1) is 11.3. The van der Waals surface area contributed by atoms with Gasteiger partial charge in [0.25, 0.3) is 0 Å². The summed E-state index contributed by atoms with van der Waals surface area (Å²) in [6.07, 6.45) is 0. The standard InChI is InChI=1S/2C8H11P.3BrH.NS.Re/c2*1-9(2)8-6-4-3-5-7-8;;;;1-2;/h2*3-7H,1-2H3;3*1H;;/q;;;;;-1;+3/p-1. The molecule has 0 unspecified atom stereocenters. The van der Waals surface area contributed by atoms with Gasteiger partial charge in [-0.3, -0.25) is 12.4 Å². The van der Waals surface area contributed by atoms with Gasteiger partial charge in [-0.05, 0) is 24.3 Å². The molecule has 0 aliphatic carbocycles. The Labute approximate surface area is 180 Å². The minimum Gasteiger partial charge on any atom is -0.742 e. The molecule has 0 saturated carbocycles. The van der Waals surface area contributed by atoms with Crippen LogP contribution in [0, 0.1) is 0 Å². The minimum absolute atomic E-state index is 0.212. The van der Waals surface area contributed by atoms with Crippen molar-refractivity contribution in [2.24, 2.45) is 0 Å². The average Bonchev–Trinajstić information content (AvgIpc) is 2.58. The van der Waals surface area contributed by atoms with Gasteiger partial charge in [0.15, 0.2) is 0 Å². The first kappa shape index (κ1) is 27.6. The van der Waals surface area contributed by atoms with Gasteiger partial charge < -0.3 is 4.78 Å². The molecule has 0 N–H and O–H groups in total. The SMILES string of the molecule is C[PH+](C)c1ccccc1.C[PH+](C)c1ccccc1.[Br][Re]([Br])[Br].[N-]=S. The topological polar surface area (TPSA) is 22.3 Å². The van der Waals surface area contributed by atoms with E-state index in [1.165, 1.54) is 10.6 Å². The van der Waals surface area contributed by atoms with Crippen molar-refractivity contribution >= 4 is 79.2 Å². The van der Waals surface area contributed by atoms with E-state index in [1.54, 1.807) is 0 Å². The van der Waals surface area contributed by atoms with Gasteiger partial charge in [0, 0.05) is 15.8 Å². The van der Waals surface area contributed by atoms with E-state index in [-0.39, 0.29) is 15.8 Å². The van der Waals surface area contributed by atoms with E-state index < -0.39 is 10.7 Å². The molecule has 0 bridgehead atoms. The average molecular weight is 750 g/mol. The van der Waals surface area contributed by atoms with Crippen LogP contribution in [-0.4, -0.2) is 26.7 Å². The Morgan fingerprint density at radius 2 is 0.875 bits per heavy atom. The third-order valence-corrected chi connectivity index (χ3v) is 5.68. The quantitative estimate of drug-likeness (QED) is 0.327.